The second-order valence-corrected chi connectivity index (χ2v) is 9.76. The number of nitrogens with zero attached hydrogens (tertiary/aromatic N) is 1. The van der Waals surface area contributed by atoms with Gasteiger partial charge in [-0.3, -0.25) is 0 Å². The Hall–Kier alpha value is -2.06. The van der Waals surface area contributed by atoms with E-state index in [1.54, 1.807) is 0 Å². The summed E-state index contributed by atoms with van der Waals surface area (Å²) < 4.78 is 2.38. The lowest BCUT2D eigenvalue weighted by Gasteiger charge is -2.33. The second-order valence-electron chi connectivity index (χ2n) is 9.76. The highest BCUT2D eigenvalue weighted by Gasteiger charge is 2.25. The van der Waals surface area contributed by atoms with Gasteiger partial charge in [-0.2, -0.15) is 0 Å². The lowest BCUT2D eigenvalue weighted by Crippen LogP contribution is -2.41. The van der Waals surface area contributed by atoms with E-state index in [0.29, 0.717) is 5.41 Å². The third-order valence-corrected chi connectivity index (χ3v) is 5.07. The molecule has 0 fully saturated rings. The third kappa shape index (κ3) is 5.23. The van der Waals surface area contributed by atoms with Crippen LogP contribution < -0.4 is 5.32 Å². The molecule has 0 aliphatic heterocycles. The number of fused-ring (bicyclic) bond motifs is 1. The first-order valence-electron chi connectivity index (χ1n) is 10.0. The van der Waals surface area contributed by atoms with E-state index in [1.165, 1.54) is 27.6 Å². The summed E-state index contributed by atoms with van der Waals surface area (Å²) >= 11 is 0. The molecule has 1 heterocycles. The van der Waals surface area contributed by atoms with Crippen LogP contribution in [0.15, 0.2) is 54.7 Å². The molecule has 2 heteroatoms. The minimum absolute atomic E-state index is 0.110. The Balaban J connectivity index is 1.83. The third-order valence-electron chi connectivity index (χ3n) is 5.07. The molecular weight excluding hydrogens is 328 g/mol. The van der Waals surface area contributed by atoms with Crippen LogP contribution in [0.3, 0.4) is 0 Å². The zero-order valence-corrected chi connectivity index (χ0v) is 17.8. The molecule has 3 rings (SSSR count). The summed E-state index contributed by atoms with van der Waals surface area (Å²) in [7, 11) is 0. The quantitative estimate of drug-likeness (QED) is 0.544. The molecule has 0 aliphatic carbocycles. The van der Waals surface area contributed by atoms with Crippen molar-refractivity contribution in [3.8, 4) is 0 Å². The van der Waals surface area contributed by atoms with Crippen LogP contribution in [0, 0.1) is 12.3 Å². The summed E-state index contributed by atoms with van der Waals surface area (Å²) in [6.07, 6.45) is 3.46. The molecule has 144 valence electrons. The normalized spacial score (nSPS) is 12.7. The van der Waals surface area contributed by atoms with Crippen molar-refractivity contribution in [3.05, 3.63) is 71.4 Å². The molecule has 0 bridgehead atoms. The Morgan fingerprint density at radius 3 is 2.22 bits per heavy atom. The van der Waals surface area contributed by atoms with Gasteiger partial charge in [-0.15, -0.1) is 0 Å². The fraction of sp³-hybridized carbons (Fsp3) is 0.440. The zero-order chi connectivity index (χ0) is 19.7. The molecule has 0 amide bonds. The molecular formula is C25H34N2. The molecule has 1 N–H and O–H groups in total. The van der Waals surface area contributed by atoms with Gasteiger partial charge < -0.3 is 9.88 Å². The Morgan fingerprint density at radius 2 is 1.56 bits per heavy atom. The predicted octanol–water partition coefficient (Wildman–Crippen LogP) is 6.30. The molecule has 3 aromatic rings. The fourth-order valence-electron chi connectivity index (χ4n) is 4.21. The van der Waals surface area contributed by atoms with Gasteiger partial charge in [-0.25, -0.2) is 0 Å². The smallest absolute Gasteiger partial charge is 0.0486 e. The van der Waals surface area contributed by atoms with Crippen LogP contribution in [0.25, 0.3) is 10.9 Å². The summed E-state index contributed by atoms with van der Waals surface area (Å²) in [5.41, 5.74) is 5.76. The van der Waals surface area contributed by atoms with Crippen molar-refractivity contribution in [2.45, 2.75) is 66.6 Å². The highest BCUT2D eigenvalue weighted by molar-refractivity contribution is 5.84. The molecule has 0 unspecified atom stereocenters. The van der Waals surface area contributed by atoms with E-state index in [4.69, 9.17) is 0 Å². The fourth-order valence-corrected chi connectivity index (χ4v) is 4.21. The van der Waals surface area contributed by atoms with Crippen LogP contribution in [0.4, 0.5) is 0 Å². The first-order valence-corrected chi connectivity index (χ1v) is 10.0. The zero-order valence-electron chi connectivity index (χ0n) is 17.8. The predicted molar refractivity (Wildman–Crippen MR) is 117 cm³/mol. The average molecular weight is 363 g/mol. The molecule has 0 saturated carbocycles. The highest BCUT2D eigenvalue weighted by Crippen LogP contribution is 2.28. The Kier molecular flexibility index (Phi) is 5.48. The molecule has 0 atom stereocenters. The van der Waals surface area contributed by atoms with E-state index in [0.717, 1.165) is 19.5 Å². The Labute approximate surface area is 164 Å². The molecule has 27 heavy (non-hydrogen) atoms. The maximum Gasteiger partial charge on any atom is 0.0486 e. The maximum atomic E-state index is 3.80. The average Bonchev–Trinajstić information content (AvgIpc) is 2.91. The van der Waals surface area contributed by atoms with E-state index < -0.39 is 0 Å². The lowest BCUT2D eigenvalue weighted by atomic mass is 9.82. The summed E-state index contributed by atoms with van der Waals surface area (Å²) in [5.74, 6) is 0. The first kappa shape index (κ1) is 19.7. The SMILES string of the molecule is Cc1ccc(Cn2cc(CNC(C)(C)CC(C)(C)C)c3ccccc32)cc1. The number of hydrogen-bond donors (Lipinski definition) is 1. The number of hydrogen-bond acceptors (Lipinski definition) is 1. The van der Waals surface area contributed by atoms with Gasteiger partial charge in [0.15, 0.2) is 0 Å². The van der Waals surface area contributed by atoms with Crippen molar-refractivity contribution < 1.29 is 0 Å². The van der Waals surface area contributed by atoms with Gasteiger partial charge in [-0.05, 0) is 49.8 Å². The number of aromatic nitrogens is 1. The van der Waals surface area contributed by atoms with E-state index >= 15 is 0 Å². The highest BCUT2D eigenvalue weighted by atomic mass is 15.0. The summed E-state index contributed by atoms with van der Waals surface area (Å²) in [5, 5.41) is 5.15. The van der Waals surface area contributed by atoms with Gasteiger partial charge in [0.2, 0.25) is 0 Å². The minimum atomic E-state index is 0.110. The summed E-state index contributed by atoms with van der Waals surface area (Å²) in [6, 6.07) is 17.6. The summed E-state index contributed by atoms with van der Waals surface area (Å²) in [6.45, 7) is 15.5. The largest absolute Gasteiger partial charge is 0.343 e. The Morgan fingerprint density at radius 1 is 0.889 bits per heavy atom. The van der Waals surface area contributed by atoms with Crippen LogP contribution in [0.1, 0.15) is 57.7 Å². The first-order chi connectivity index (χ1) is 12.6. The van der Waals surface area contributed by atoms with Gasteiger partial charge >= 0.3 is 0 Å². The molecule has 0 aliphatic rings. The molecule has 2 nitrogen and oxygen atoms in total. The second kappa shape index (κ2) is 7.52. The van der Waals surface area contributed by atoms with Crippen LogP contribution in [0.5, 0.6) is 0 Å². The molecule has 2 aromatic carbocycles. The van der Waals surface area contributed by atoms with Crippen molar-refractivity contribution in [2.75, 3.05) is 0 Å². The van der Waals surface area contributed by atoms with E-state index in [1.807, 2.05) is 0 Å². The number of aryl methyl sites for hydroxylation is 1. The topological polar surface area (TPSA) is 17.0 Å². The van der Waals surface area contributed by atoms with Crippen molar-refractivity contribution in [1.82, 2.24) is 9.88 Å². The number of rotatable bonds is 6. The van der Waals surface area contributed by atoms with Gasteiger partial charge in [0, 0.05) is 35.7 Å². The van der Waals surface area contributed by atoms with E-state index in [2.05, 4.69) is 106 Å². The van der Waals surface area contributed by atoms with Gasteiger partial charge in [0.25, 0.3) is 0 Å². The van der Waals surface area contributed by atoms with Crippen LogP contribution >= 0.6 is 0 Å². The van der Waals surface area contributed by atoms with Crippen LogP contribution in [0.2, 0.25) is 0 Å². The van der Waals surface area contributed by atoms with Crippen molar-refractivity contribution in [1.29, 1.82) is 0 Å². The summed E-state index contributed by atoms with van der Waals surface area (Å²) in [4.78, 5) is 0. The number of benzene rings is 2. The van der Waals surface area contributed by atoms with Crippen LogP contribution in [-0.4, -0.2) is 10.1 Å². The molecule has 0 radical (unpaired) electrons. The van der Waals surface area contributed by atoms with Gasteiger partial charge in [0.05, 0.1) is 0 Å². The van der Waals surface area contributed by atoms with Crippen LogP contribution in [-0.2, 0) is 13.1 Å². The monoisotopic (exact) mass is 362 g/mol. The van der Waals surface area contributed by atoms with Gasteiger partial charge in [0.1, 0.15) is 0 Å². The lowest BCUT2D eigenvalue weighted by molar-refractivity contribution is 0.241. The number of nitrogens with one attached hydrogen (secondary N) is 1. The Bertz CT molecular complexity index is 892. The van der Waals surface area contributed by atoms with E-state index in [9.17, 15) is 0 Å². The standard InChI is InChI=1S/C25H34N2/c1-19-11-13-20(14-12-19)16-27-17-21(22-9-7-8-10-23(22)27)15-26-25(5,6)18-24(2,3)4/h7-14,17,26H,15-16,18H2,1-6H3. The maximum absolute atomic E-state index is 3.80. The minimum Gasteiger partial charge on any atom is -0.343 e. The molecule has 0 spiro atoms. The molecule has 0 saturated heterocycles. The van der Waals surface area contributed by atoms with Gasteiger partial charge in [-0.1, -0.05) is 68.8 Å². The number of para-hydroxylation sites is 1. The van der Waals surface area contributed by atoms with Crippen molar-refractivity contribution in [2.24, 2.45) is 5.41 Å². The van der Waals surface area contributed by atoms with E-state index in [-0.39, 0.29) is 5.54 Å². The van der Waals surface area contributed by atoms with Crippen molar-refractivity contribution >= 4 is 10.9 Å². The molecule has 1 aromatic heterocycles. The van der Waals surface area contributed by atoms with Crippen molar-refractivity contribution in [3.63, 3.8) is 0 Å².